The van der Waals surface area contributed by atoms with Gasteiger partial charge in [0.1, 0.15) is 31.8 Å². The Bertz CT molecular complexity index is 744. The molecule has 1 aliphatic heterocycles. The van der Waals surface area contributed by atoms with E-state index in [1.165, 1.54) is 17.0 Å². The number of phenolic OH excluding ortho intramolecular Hbond substituents is 2. The van der Waals surface area contributed by atoms with E-state index in [9.17, 15) is 15.0 Å². The van der Waals surface area contributed by atoms with E-state index < -0.39 is 11.4 Å². The number of morpholine rings is 1. The van der Waals surface area contributed by atoms with Crippen molar-refractivity contribution in [1.29, 1.82) is 0 Å². The third-order valence-corrected chi connectivity index (χ3v) is 4.01. The average molecular weight is 306 g/mol. The van der Waals surface area contributed by atoms with Crippen molar-refractivity contribution in [3.63, 3.8) is 0 Å². The highest BCUT2D eigenvalue weighted by atomic mass is 16.5. The molecule has 0 amide bonds. The van der Waals surface area contributed by atoms with Crippen molar-refractivity contribution in [2.24, 2.45) is 0 Å². The Kier molecular flexibility index (Phi) is 3.80. The molecule has 1 aromatic heterocycles. The molecule has 1 saturated heterocycles. The number of benzene rings is 1. The monoisotopic (exact) mass is 306 g/mol. The second kappa shape index (κ2) is 5.62. The van der Waals surface area contributed by atoms with Crippen LogP contribution in [0.25, 0.3) is 11.0 Å². The number of nitrogens with one attached hydrogen (secondary N) is 1. The van der Waals surface area contributed by atoms with E-state index in [0.717, 1.165) is 18.7 Å². The van der Waals surface area contributed by atoms with Crippen molar-refractivity contribution in [1.82, 2.24) is 0 Å². The summed E-state index contributed by atoms with van der Waals surface area (Å²) in [4.78, 5) is 13.1. The van der Waals surface area contributed by atoms with Crippen LogP contribution in [0, 0.1) is 0 Å². The molecule has 1 aromatic carbocycles. The zero-order chi connectivity index (χ0) is 15.9. The van der Waals surface area contributed by atoms with Crippen LogP contribution in [0.2, 0.25) is 0 Å². The number of phenols is 2. The first-order valence-electron chi connectivity index (χ1n) is 7.40. The van der Waals surface area contributed by atoms with E-state index >= 15 is 0 Å². The first-order valence-corrected chi connectivity index (χ1v) is 7.40. The normalized spacial score (nSPS) is 25.5. The molecule has 1 aliphatic rings. The summed E-state index contributed by atoms with van der Waals surface area (Å²) in [6.07, 6.45) is 0.338. The predicted molar refractivity (Wildman–Crippen MR) is 80.2 cm³/mol. The van der Waals surface area contributed by atoms with Crippen LogP contribution in [-0.4, -0.2) is 35.5 Å². The number of ether oxygens (including phenoxy) is 1. The fourth-order valence-corrected chi connectivity index (χ4v) is 3.22. The Hall–Kier alpha value is -2.05. The molecular weight excluding hydrogens is 286 g/mol. The molecule has 1 fully saturated rings. The minimum absolute atomic E-state index is 0.0382. The highest BCUT2D eigenvalue weighted by Crippen LogP contribution is 2.33. The second-order valence-electron chi connectivity index (χ2n) is 5.99. The quantitative estimate of drug-likeness (QED) is 0.552. The van der Waals surface area contributed by atoms with Crippen LogP contribution >= 0.6 is 0 Å². The molecule has 3 N–H and O–H groups in total. The number of hydrogen-bond acceptors (Lipinski definition) is 5. The van der Waals surface area contributed by atoms with Gasteiger partial charge >= 0.3 is 5.63 Å². The molecule has 2 heterocycles. The summed E-state index contributed by atoms with van der Waals surface area (Å²) in [5.74, 6) is -0.691. The fourth-order valence-electron chi connectivity index (χ4n) is 3.22. The van der Waals surface area contributed by atoms with Crippen LogP contribution in [0.5, 0.6) is 11.5 Å². The Morgan fingerprint density at radius 1 is 1.23 bits per heavy atom. The molecule has 0 saturated carbocycles. The van der Waals surface area contributed by atoms with Crippen LogP contribution in [0.3, 0.4) is 0 Å². The lowest BCUT2D eigenvalue weighted by atomic mass is 10.1. The molecule has 3 rings (SSSR count). The van der Waals surface area contributed by atoms with Crippen LogP contribution in [0.1, 0.15) is 19.4 Å². The lowest BCUT2D eigenvalue weighted by Crippen LogP contribution is -3.14. The largest absolute Gasteiger partial charge is 0.504 e. The first-order chi connectivity index (χ1) is 10.4. The molecule has 0 radical (unpaired) electrons. The standard InChI is InChI=1S/C16H19NO5/c1-9-6-17(7-10(2)21-9)8-11-5-14(19)22-16-12(11)3-4-13(18)15(16)20/h3-5,9-10,18,20H,6-8H2,1-2H3/p+1/t9-,10+. The number of quaternary nitrogens is 1. The van der Waals surface area contributed by atoms with Crippen molar-refractivity contribution in [2.75, 3.05) is 13.1 Å². The van der Waals surface area contributed by atoms with Crippen LogP contribution in [0.4, 0.5) is 0 Å². The molecule has 6 nitrogen and oxygen atoms in total. The van der Waals surface area contributed by atoms with Crippen LogP contribution < -0.4 is 10.5 Å². The van der Waals surface area contributed by atoms with Crippen molar-refractivity contribution in [3.8, 4) is 11.5 Å². The fraction of sp³-hybridized carbons (Fsp3) is 0.438. The van der Waals surface area contributed by atoms with Crippen molar-refractivity contribution in [3.05, 3.63) is 34.2 Å². The van der Waals surface area contributed by atoms with Gasteiger partial charge in [-0.15, -0.1) is 0 Å². The third-order valence-electron chi connectivity index (χ3n) is 4.01. The molecule has 0 spiro atoms. The molecule has 0 aliphatic carbocycles. The Morgan fingerprint density at radius 3 is 2.59 bits per heavy atom. The van der Waals surface area contributed by atoms with Crippen molar-refractivity contribution < 1.29 is 24.3 Å². The Balaban J connectivity index is 2.00. The summed E-state index contributed by atoms with van der Waals surface area (Å²) in [6.45, 7) is 6.44. The van der Waals surface area contributed by atoms with E-state index in [-0.39, 0.29) is 23.5 Å². The van der Waals surface area contributed by atoms with Gasteiger partial charge in [-0.2, -0.15) is 0 Å². The average Bonchev–Trinajstić information content (AvgIpc) is 2.42. The SMILES string of the molecule is C[C@@H]1C[NH+](Cc2cc(=O)oc3c(O)c(O)ccc23)C[C@H](C)O1. The number of fused-ring (bicyclic) bond motifs is 1. The molecule has 22 heavy (non-hydrogen) atoms. The zero-order valence-electron chi connectivity index (χ0n) is 12.6. The second-order valence-corrected chi connectivity index (χ2v) is 5.99. The van der Waals surface area contributed by atoms with Gasteiger partial charge in [0.05, 0.1) is 0 Å². The summed E-state index contributed by atoms with van der Waals surface area (Å²) in [5, 5.41) is 20.1. The summed E-state index contributed by atoms with van der Waals surface area (Å²) in [7, 11) is 0. The highest BCUT2D eigenvalue weighted by Gasteiger charge is 2.26. The van der Waals surface area contributed by atoms with Gasteiger partial charge in [-0.05, 0) is 26.0 Å². The summed E-state index contributed by atoms with van der Waals surface area (Å²) < 4.78 is 10.8. The zero-order valence-corrected chi connectivity index (χ0v) is 12.6. The summed E-state index contributed by atoms with van der Waals surface area (Å²) >= 11 is 0. The summed E-state index contributed by atoms with van der Waals surface area (Å²) in [6, 6.07) is 4.52. The molecule has 2 aromatic rings. The van der Waals surface area contributed by atoms with E-state index in [1.807, 2.05) is 13.8 Å². The van der Waals surface area contributed by atoms with Gasteiger partial charge in [-0.25, -0.2) is 4.79 Å². The maximum absolute atomic E-state index is 11.7. The highest BCUT2D eigenvalue weighted by molar-refractivity contribution is 5.87. The van der Waals surface area contributed by atoms with Gasteiger partial charge in [-0.1, -0.05) is 0 Å². The number of aromatic hydroxyl groups is 2. The van der Waals surface area contributed by atoms with Gasteiger partial charge in [-0.3, -0.25) is 0 Å². The molecule has 3 atom stereocenters. The lowest BCUT2D eigenvalue weighted by molar-refractivity contribution is -0.928. The molecule has 0 bridgehead atoms. The van der Waals surface area contributed by atoms with Gasteiger partial charge in [0.15, 0.2) is 11.3 Å². The Morgan fingerprint density at radius 2 is 1.91 bits per heavy atom. The summed E-state index contributed by atoms with van der Waals surface area (Å²) in [5.41, 5.74) is 0.311. The molecule has 118 valence electrons. The molecule has 1 unspecified atom stereocenters. The Labute approximate surface area is 127 Å². The number of rotatable bonds is 2. The minimum Gasteiger partial charge on any atom is -0.504 e. The first kappa shape index (κ1) is 14.9. The van der Waals surface area contributed by atoms with Gasteiger partial charge in [0, 0.05) is 17.0 Å². The maximum atomic E-state index is 11.7. The van der Waals surface area contributed by atoms with Crippen molar-refractivity contribution in [2.45, 2.75) is 32.6 Å². The third kappa shape index (κ3) is 2.80. The van der Waals surface area contributed by atoms with Crippen molar-refractivity contribution >= 4 is 11.0 Å². The van der Waals surface area contributed by atoms with Gasteiger partial charge in [0.2, 0.25) is 5.75 Å². The maximum Gasteiger partial charge on any atom is 0.336 e. The van der Waals surface area contributed by atoms with Crippen LogP contribution in [0.15, 0.2) is 27.4 Å². The molecular formula is C16H20NO5+. The predicted octanol–water partition coefficient (Wildman–Crippen LogP) is 0.396. The van der Waals surface area contributed by atoms with E-state index in [0.29, 0.717) is 11.9 Å². The topological polar surface area (TPSA) is 84.3 Å². The van der Waals surface area contributed by atoms with Gasteiger partial charge in [0.25, 0.3) is 0 Å². The van der Waals surface area contributed by atoms with Gasteiger partial charge < -0.3 is 24.3 Å². The van der Waals surface area contributed by atoms with E-state index in [1.54, 1.807) is 6.07 Å². The van der Waals surface area contributed by atoms with Crippen LogP contribution in [-0.2, 0) is 11.3 Å². The van der Waals surface area contributed by atoms with E-state index in [2.05, 4.69) is 0 Å². The smallest absolute Gasteiger partial charge is 0.336 e. The molecule has 6 heteroatoms. The van der Waals surface area contributed by atoms with E-state index in [4.69, 9.17) is 9.15 Å². The number of hydrogen-bond donors (Lipinski definition) is 3. The lowest BCUT2D eigenvalue weighted by Gasteiger charge is -2.32. The minimum atomic E-state index is -0.530.